The Bertz CT molecular complexity index is 566. The minimum Gasteiger partial charge on any atom is -0.459 e. The van der Waals surface area contributed by atoms with Crippen molar-refractivity contribution >= 4 is 11.7 Å². The Labute approximate surface area is 106 Å². The molecule has 0 saturated carbocycles. The number of tetrazole rings is 1. The molecule has 9 nitrogen and oxygen atoms in total. The Morgan fingerprint density at radius 3 is 2.68 bits per heavy atom. The van der Waals surface area contributed by atoms with E-state index in [0.29, 0.717) is 5.56 Å². The average molecular weight is 263 g/mol. The first kappa shape index (κ1) is 12.6. The topological polar surface area (TPSA) is 113 Å². The van der Waals surface area contributed by atoms with Crippen molar-refractivity contribution in [3.63, 3.8) is 0 Å². The zero-order chi connectivity index (χ0) is 13.7. The molecule has 0 saturated heterocycles. The summed E-state index contributed by atoms with van der Waals surface area (Å²) in [5.41, 5.74) is 0.652. The minimum atomic E-state index is -0.495. The van der Waals surface area contributed by atoms with E-state index >= 15 is 0 Å². The molecular weight excluding hydrogens is 254 g/mol. The minimum absolute atomic E-state index is 0.0104. The van der Waals surface area contributed by atoms with Crippen LogP contribution in [0.2, 0.25) is 0 Å². The summed E-state index contributed by atoms with van der Waals surface area (Å²) in [5.74, 6) is -0.495. The summed E-state index contributed by atoms with van der Waals surface area (Å²) in [6.45, 7) is -0.0427. The van der Waals surface area contributed by atoms with E-state index in [1.165, 1.54) is 35.3 Å². The van der Waals surface area contributed by atoms with Gasteiger partial charge >= 0.3 is 5.97 Å². The molecule has 0 amide bonds. The molecule has 19 heavy (non-hydrogen) atoms. The second-order valence-corrected chi connectivity index (χ2v) is 3.59. The quantitative estimate of drug-likeness (QED) is 0.433. The van der Waals surface area contributed by atoms with Crippen LogP contribution in [-0.4, -0.2) is 31.1 Å². The first-order valence-corrected chi connectivity index (χ1v) is 5.25. The van der Waals surface area contributed by atoms with E-state index in [-0.39, 0.29) is 18.8 Å². The second kappa shape index (κ2) is 5.67. The molecule has 0 aliphatic heterocycles. The highest BCUT2D eigenvalue weighted by molar-refractivity contribution is 5.68. The predicted octanol–water partition coefficient (Wildman–Crippen LogP) is 0.325. The third-order valence-corrected chi connectivity index (χ3v) is 2.23. The van der Waals surface area contributed by atoms with Gasteiger partial charge in [0.05, 0.1) is 4.92 Å². The molecule has 0 aliphatic rings. The fraction of sp³-hybridized carbons (Fsp3) is 0.200. The van der Waals surface area contributed by atoms with Gasteiger partial charge in [0.2, 0.25) is 0 Å². The molecule has 0 atom stereocenters. The van der Waals surface area contributed by atoms with Crippen LogP contribution in [-0.2, 0) is 22.7 Å². The van der Waals surface area contributed by atoms with Gasteiger partial charge in [0.15, 0.2) is 0 Å². The number of nitro benzene ring substituents is 1. The van der Waals surface area contributed by atoms with Crippen LogP contribution in [0.1, 0.15) is 5.56 Å². The Kier molecular flexibility index (Phi) is 3.76. The third-order valence-electron chi connectivity index (χ3n) is 2.23. The van der Waals surface area contributed by atoms with E-state index < -0.39 is 10.9 Å². The maximum Gasteiger partial charge on any atom is 0.328 e. The van der Waals surface area contributed by atoms with Gasteiger partial charge in [-0.1, -0.05) is 0 Å². The number of carbonyl (C=O) groups excluding carboxylic acids is 1. The van der Waals surface area contributed by atoms with Crippen LogP contribution in [0.15, 0.2) is 30.6 Å². The molecule has 98 valence electrons. The lowest BCUT2D eigenvalue weighted by atomic mass is 10.2. The number of ether oxygens (including phenoxy) is 1. The van der Waals surface area contributed by atoms with Crippen molar-refractivity contribution in [2.45, 2.75) is 13.2 Å². The van der Waals surface area contributed by atoms with E-state index in [9.17, 15) is 14.9 Å². The number of carbonyl (C=O) groups is 1. The van der Waals surface area contributed by atoms with Gasteiger partial charge in [-0.3, -0.25) is 14.9 Å². The van der Waals surface area contributed by atoms with Gasteiger partial charge in [0, 0.05) is 12.1 Å². The van der Waals surface area contributed by atoms with Gasteiger partial charge in [0.1, 0.15) is 19.5 Å². The summed E-state index contributed by atoms with van der Waals surface area (Å²) in [6, 6.07) is 5.76. The van der Waals surface area contributed by atoms with Crippen LogP contribution < -0.4 is 0 Å². The van der Waals surface area contributed by atoms with Gasteiger partial charge in [-0.25, -0.2) is 4.68 Å². The smallest absolute Gasteiger partial charge is 0.328 e. The Hall–Kier alpha value is -2.84. The Morgan fingerprint density at radius 2 is 2.11 bits per heavy atom. The molecule has 2 rings (SSSR count). The second-order valence-electron chi connectivity index (χ2n) is 3.59. The maximum atomic E-state index is 11.4. The molecule has 1 heterocycles. The molecule has 0 fully saturated rings. The number of hydrogen-bond donors (Lipinski definition) is 0. The predicted molar refractivity (Wildman–Crippen MR) is 60.7 cm³/mol. The van der Waals surface area contributed by atoms with Gasteiger partial charge in [-0.05, 0) is 28.1 Å². The molecule has 1 aromatic carbocycles. The monoisotopic (exact) mass is 263 g/mol. The van der Waals surface area contributed by atoms with Gasteiger partial charge in [-0.15, -0.1) is 5.10 Å². The lowest BCUT2D eigenvalue weighted by Gasteiger charge is -2.04. The molecular formula is C10H9N5O4. The van der Waals surface area contributed by atoms with Crippen molar-refractivity contribution < 1.29 is 14.5 Å². The Morgan fingerprint density at radius 1 is 1.37 bits per heavy atom. The van der Waals surface area contributed by atoms with E-state index in [1.807, 2.05) is 0 Å². The van der Waals surface area contributed by atoms with Gasteiger partial charge in [-0.2, -0.15) is 0 Å². The third kappa shape index (κ3) is 3.56. The molecule has 0 N–H and O–H groups in total. The van der Waals surface area contributed by atoms with Crippen LogP contribution >= 0.6 is 0 Å². The van der Waals surface area contributed by atoms with Crippen LogP contribution in [0.5, 0.6) is 0 Å². The number of rotatable bonds is 5. The van der Waals surface area contributed by atoms with Gasteiger partial charge in [0.25, 0.3) is 5.69 Å². The zero-order valence-electron chi connectivity index (χ0n) is 9.67. The SMILES string of the molecule is O=C(Cn1cnnn1)OCc1ccc([N+](=O)[O-])cc1. The molecule has 1 aromatic heterocycles. The van der Waals surface area contributed by atoms with E-state index in [4.69, 9.17) is 4.74 Å². The van der Waals surface area contributed by atoms with Crippen molar-refractivity contribution in [2.75, 3.05) is 0 Å². The van der Waals surface area contributed by atoms with Crippen LogP contribution in [0.3, 0.4) is 0 Å². The van der Waals surface area contributed by atoms with Crippen molar-refractivity contribution in [3.05, 3.63) is 46.3 Å². The van der Waals surface area contributed by atoms with E-state index in [1.54, 1.807) is 0 Å². The summed E-state index contributed by atoms with van der Waals surface area (Å²) < 4.78 is 6.21. The standard InChI is InChI=1S/C10H9N5O4/c16-10(5-14-7-11-12-13-14)19-6-8-1-3-9(4-2-8)15(17)18/h1-4,7H,5-6H2. The van der Waals surface area contributed by atoms with Crippen LogP contribution in [0.4, 0.5) is 5.69 Å². The normalized spacial score (nSPS) is 10.1. The molecule has 0 bridgehead atoms. The number of esters is 1. The van der Waals surface area contributed by atoms with E-state index in [0.717, 1.165) is 0 Å². The summed E-state index contributed by atoms with van der Waals surface area (Å²) in [4.78, 5) is 21.4. The number of hydrogen-bond acceptors (Lipinski definition) is 7. The average Bonchev–Trinajstić information content (AvgIpc) is 2.89. The number of nitrogens with zero attached hydrogens (tertiary/aromatic N) is 5. The fourth-order valence-electron chi connectivity index (χ4n) is 1.31. The molecule has 0 spiro atoms. The lowest BCUT2D eigenvalue weighted by molar-refractivity contribution is -0.384. The molecule has 0 aliphatic carbocycles. The van der Waals surface area contributed by atoms with Crippen molar-refractivity contribution in [1.29, 1.82) is 0 Å². The van der Waals surface area contributed by atoms with Crippen molar-refractivity contribution in [1.82, 2.24) is 20.2 Å². The number of nitro groups is 1. The van der Waals surface area contributed by atoms with Crippen molar-refractivity contribution in [2.24, 2.45) is 0 Å². The highest BCUT2D eigenvalue weighted by Gasteiger charge is 2.07. The van der Waals surface area contributed by atoms with Crippen molar-refractivity contribution in [3.8, 4) is 0 Å². The first-order chi connectivity index (χ1) is 9.15. The maximum absolute atomic E-state index is 11.4. The number of aromatic nitrogens is 4. The Balaban J connectivity index is 1.84. The molecule has 2 aromatic rings. The number of non-ortho nitro benzene ring substituents is 1. The lowest BCUT2D eigenvalue weighted by Crippen LogP contribution is -2.14. The highest BCUT2D eigenvalue weighted by Crippen LogP contribution is 2.12. The first-order valence-electron chi connectivity index (χ1n) is 5.25. The highest BCUT2D eigenvalue weighted by atomic mass is 16.6. The van der Waals surface area contributed by atoms with Crippen LogP contribution in [0, 0.1) is 10.1 Å². The molecule has 0 unspecified atom stereocenters. The fourth-order valence-corrected chi connectivity index (χ4v) is 1.31. The summed E-state index contributed by atoms with van der Waals surface area (Å²) >= 11 is 0. The van der Waals surface area contributed by atoms with Crippen LogP contribution in [0.25, 0.3) is 0 Å². The molecule has 0 radical (unpaired) electrons. The summed E-state index contributed by atoms with van der Waals surface area (Å²) in [7, 11) is 0. The molecule has 9 heteroatoms. The number of benzene rings is 1. The summed E-state index contributed by atoms with van der Waals surface area (Å²) in [6.07, 6.45) is 1.30. The van der Waals surface area contributed by atoms with E-state index in [2.05, 4.69) is 15.5 Å². The zero-order valence-corrected chi connectivity index (χ0v) is 9.67. The summed E-state index contributed by atoms with van der Waals surface area (Å²) in [5, 5.41) is 20.7. The van der Waals surface area contributed by atoms with Gasteiger partial charge < -0.3 is 4.74 Å². The largest absolute Gasteiger partial charge is 0.459 e.